The van der Waals surface area contributed by atoms with Crippen LogP contribution in [-0.2, 0) is 15.7 Å². The van der Waals surface area contributed by atoms with Crippen molar-refractivity contribution in [2.75, 3.05) is 71.2 Å². The van der Waals surface area contributed by atoms with Crippen molar-refractivity contribution in [3.05, 3.63) is 35.5 Å². The zero-order chi connectivity index (χ0) is 34.4. The summed E-state index contributed by atoms with van der Waals surface area (Å²) in [6.45, 7) is 6.32. The van der Waals surface area contributed by atoms with Gasteiger partial charge in [0.1, 0.15) is 17.1 Å². The molecule has 2 heterocycles. The highest BCUT2D eigenvalue weighted by molar-refractivity contribution is 5.95. The predicted octanol–water partition coefficient (Wildman–Crippen LogP) is 4.26. The molecule has 12 nitrogen and oxygen atoms in total. The van der Waals surface area contributed by atoms with E-state index in [1.54, 1.807) is 18.2 Å². The molecule has 2 amide bonds. The van der Waals surface area contributed by atoms with Crippen LogP contribution in [0.4, 0.5) is 30.6 Å². The Kier molecular flexibility index (Phi) is 14.9. The predicted molar refractivity (Wildman–Crippen MR) is 175 cm³/mol. The number of nitrogens with one attached hydrogen (secondary N) is 3. The Hall–Kier alpha value is -3.69. The molecular weight excluding hydrogens is 617 g/mol. The van der Waals surface area contributed by atoms with E-state index in [1.807, 2.05) is 25.9 Å². The molecule has 2 fully saturated rings. The highest BCUT2D eigenvalue weighted by Crippen LogP contribution is 2.36. The number of ether oxygens (including phenoxy) is 2. The van der Waals surface area contributed by atoms with Crippen molar-refractivity contribution in [1.29, 1.82) is 0 Å². The number of morpholine rings is 1. The summed E-state index contributed by atoms with van der Waals surface area (Å²) in [7, 11) is 5.43. The number of aromatic nitrogens is 2. The van der Waals surface area contributed by atoms with Gasteiger partial charge in [-0.1, -0.05) is 26.2 Å². The van der Waals surface area contributed by atoms with Gasteiger partial charge in [-0.3, -0.25) is 14.5 Å². The molecule has 0 bridgehead atoms. The third-order valence-electron chi connectivity index (χ3n) is 7.99. The lowest BCUT2D eigenvalue weighted by Crippen LogP contribution is -2.41. The lowest BCUT2D eigenvalue weighted by molar-refractivity contribution is -0.137. The van der Waals surface area contributed by atoms with Gasteiger partial charge in [0.25, 0.3) is 5.91 Å². The minimum atomic E-state index is -4.58. The quantitative estimate of drug-likeness (QED) is 0.245. The standard InChI is InChI=1S/C26H37F3N6O2.C6H12N2O2/c1-5-18(13-14-35(2)3)32-24(36)17-11-12-21(22(15-17)37-4)33-25-30-16-20(26(27,28)29)23(34-25)31-19-9-7-6-8-10-19;7-6(9)5-8-1-3-10-4-2-8/h11-12,15-16,18-19H,5-10,13-14H2,1-4H3,(H,32,36)(H2,30,31,33,34);1-5H2,(H2,7,9). The SMILES string of the molecule is CCC(CCN(C)C)NC(=O)c1ccc(Nc2ncc(C(F)(F)F)c(NC3CCCCC3)n2)c(OC)c1.NC(=O)CN1CCOCC1. The van der Waals surface area contributed by atoms with Crippen LogP contribution in [0.5, 0.6) is 5.75 Å². The molecule has 5 N–H and O–H groups in total. The molecule has 1 aromatic heterocycles. The summed E-state index contributed by atoms with van der Waals surface area (Å²) in [5.74, 6) is -0.381. The molecule has 1 saturated carbocycles. The Labute approximate surface area is 275 Å². The van der Waals surface area contributed by atoms with Gasteiger partial charge in [0.05, 0.1) is 32.6 Å². The normalized spacial score (nSPS) is 16.5. The average Bonchev–Trinajstić information content (AvgIpc) is 3.03. The highest BCUT2D eigenvalue weighted by Gasteiger charge is 2.36. The first-order valence-electron chi connectivity index (χ1n) is 16.1. The zero-order valence-electron chi connectivity index (χ0n) is 27.8. The monoisotopic (exact) mass is 666 g/mol. The first-order chi connectivity index (χ1) is 22.4. The number of anilines is 3. The molecule has 2 aliphatic rings. The third-order valence-corrected chi connectivity index (χ3v) is 7.99. The van der Waals surface area contributed by atoms with Crippen molar-refractivity contribution in [3.8, 4) is 5.75 Å². The van der Waals surface area contributed by atoms with Crippen LogP contribution in [0, 0.1) is 0 Å². The van der Waals surface area contributed by atoms with Crippen LogP contribution in [0.25, 0.3) is 0 Å². The summed E-state index contributed by atoms with van der Waals surface area (Å²) in [6, 6.07) is 4.82. The molecule has 4 rings (SSSR count). The topological polar surface area (TPSA) is 147 Å². The van der Waals surface area contributed by atoms with Gasteiger partial charge >= 0.3 is 6.18 Å². The van der Waals surface area contributed by atoms with Gasteiger partial charge in [0, 0.05) is 36.9 Å². The average molecular weight is 667 g/mol. The van der Waals surface area contributed by atoms with Gasteiger partial charge in [0.2, 0.25) is 11.9 Å². The summed E-state index contributed by atoms with van der Waals surface area (Å²) >= 11 is 0. The van der Waals surface area contributed by atoms with Crippen molar-refractivity contribution < 1.29 is 32.2 Å². The molecule has 1 unspecified atom stereocenters. The van der Waals surface area contributed by atoms with E-state index in [0.29, 0.717) is 36.8 Å². The highest BCUT2D eigenvalue weighted by atomic mass is 19.4. The van der Waals surface area contributed by atoms with Crippen LogP contribution < -0.4 is 26.4 Å². The van der Waals surface area contributed by atoms with Crippen molar-refractivity contribution >= 4 is 29.3 Å². The molecule has 0 spiro atoms. The fraction of sp³-hybridized carbons (Fsp3) is 0.625. The molecule has 262 valence electrons. The Bertz CT molecular complexity index is 1290. The molecular formula is C32H49F3N8O4. The molecule has 47 heavy (non-hydrogen) atoms. The molecule has 15 heteroatoms. The second-order valence-corrected chi connectivity index (χ2v) is 12.0. The number of primary amides is 1. The van der Waals surface area contributed by atoms with E-state index in [1.165, 1.54) is 7.11 Å². The zero-order valence-corrected chi connectivity index (χ0v) is 27.8. The minimum Gasteiger partial charge on any atom is -0.495 e. The van der Waals surface area contributed by atoms with E-state index >= 15 is 0 Å². The second kappa shape index (κ2) is 18.6. The van der Waals surface area contributed by atoms with Crippen LogP contribution >= 0.6 is 0 Å². The number of nitrogens with two attached hydrogens (primary N) is 1. The van der Waals surface area contributed by atoms with E-state index in [-0.39, 0.29) is 35.7 Å². The van der Waals surface area contributed by atoms with Crippen molar-refractivity contribution in [2.24, 2.45) is 5.73 Å². The molecule has 1 aliphatic carbocycles. The number of nitrogens with zero attached hydrogens (tertiary/aromatic N) is 4. The maximum absolute atomic E-state index is 13.6. The smallest absolute Gasteiger partial charge is 0.421 e. The van der Waals surface area contributed by atoms with Crippen LogP contribution in [0.1, 0.15) is 67.8 Å². The largest absolute Gasteiger partial charge is 0.495 e. The maximum atomic E-state index is 13.6. The Morgan fingerprint density at radius 2 is 1.87 bits per heavy atom. The number of rotatable bonds is 13. The lowest BCUT2D eigenvalue weighted by atomic mass is 9.95. The van der Waals surface area contributed by atoms with Gasteiger partial charge in [-0.2, -0.15) is 18.2 Å². The number of methoxy groups -OCH3 is 1. The van der Waals surface area contributed by atoms with E-state index < -0.39 is 11.7 Å². The number of alkyl halides is 3. The fourth-order valence-corrected chi connectivity index (χ4v) is 5.30. The molecule has 1 aliphatic heterocycles. The van der Waals surface area contributed by atoms with Crippen molar-refractivity contribution in [1.82, 2.24) is 25.1 Å². The number of hydrogen-bond donors (Lipinski definition) is 4. The fourth-order valence-electron chi connectivity index (χ4n) is 5.30. The van der Waals surface area contributed by atoms with Crippen LogP contribution in [0.15, 0.2) is 24.4 Å². The van der Waals surface area contributed by atoms with Gasteiger partial charge in [-0.05, 0) is 64.5 Å². The first-order valence-corrected chi connectivity index (χ1v) is 16.1. The van der Waals surface area contributed by atoms with Crippen LogP contribution in [-0.4, -0.2) is 104 Å². The number of carbonyl (C=O) groups is 2. The summed E-state index contributed by atoms with van der Waals surface area (Å²) in [5.41, 5.74) is 4.95. The summed E-state index contributed by atoms with van der Waals surface area (Å²) in [5, 5.41) is 8.96. The number of carbonyl (C=O) groups excluding carboxylic acids is 2. The van der Waals surface area contributed by atoms with Gasteiger partial charge in [-0.25, -0.2) is 4.98 Å². The molecule has 0 radical (unpaired) electrons. The second-order valence-electron chi connectivity index (χ2n) is 12.0. The van der Waals surface area contributed by atoms with Gasteiger partial charge in [0.15, 0.2) is 0 Å². The van der Waals surface area contributed by atoms with Crippen LogP contribution in [0.2, 0.25) is 0 Å². The number of halogens is 3. The Morgan fingerprint density at radius 3 is 2.47 bits per heavy atom. The Balaban J connectivity index is 0.000000511. The molecule has 1 aromatic carbocycles. The number of benzene rings is 1. The maximum Gasteiger partial charge on any atom is 0.421 e. The first kappa shape index (κ1) is 37.8. The van der Waals surface area contributed by atoms with Crippen LogP contribution in [0.3, 0.4) is 0 Å². The Morgan fingerprint density at radius 1 is 1.17 bits per heavy atom. The summed E-state index contributed by atoms with van der Waals surface area (Å²) in [4.78, 5) is 35.3. The van der Waals surface area contributed by atoms with Gasteiger partial charge in [-0.15, -0.1) is 0 Å². The molecule has 1 atom stereocenters. The molecule has 2 aromatic rings. The lowest BCUT2D eigenvalue weighted by Gasteiger charge is -2.25. The van der Waals surface area contributed by atoms with Crippen molar-refractivity contribution in [2.45, 2.75) is 70.1 Å². The van der Waals surface area contributed by atoms with E-state index in [0.717, 1.165) is 70.8 Å². The van der Waals surface area contributed by atoms with E-state index in [9.17, 15) is 22.8 Å². The number of hydrogen-bond acceptors (Lipinski definition) is 10. The van der Waals surface area contributed by atoms with E-state index in [4.69, 9.17) is 15.2 Å². The number of amides is 2. The van der Waals surface area contributed by atoms with E-state index in [2.05, 4.69) is 30.8 Å². The van der Waals surface area contributed by atoms with Gasteiger partial charge < -0.3 is 36.1 Å². The minimum absolute atomic E-state index is 0.00320. The van der Waals surface area contributed by atoms with Crippen molar-refractivity contribution in [3.63, 3.8) is 0 Å². The summed E-state index contributed by atoms with van der Waals surface area (Å²) in [6.07, 6.45) is 2.47. The third kappa shape index (κ3) is 12.8. The molecule has 1 saturated heterocycles. The summed E-state index contributed by atoms with van der Waals surface area (Å²) < 4.78 is 51.3.